The third kappa shape index (κ3) is 3.40. The second kappa shape index (κ2) is 6.22. The average molecular weight is 382 g/mol. The number of halogens is 3. The molecule has 0 saturated heterocycles. The zero-order chi connectivity index (χ0) is 18.5. The predicted octanol–water partition coefficient (Wildman–Crippen LogP) is 3.71. The van der Waals surface area contributed by atoms with Gasteiger partial charge in [0.1, 0.15) is 0 Å². The quantitative estimate of drug-likeness (QED) is 0.775. The number of alkyl halides is 3. The summed E-state index contributed by atoms with van der Waals surface area (Å²) < 4.78 is 40.9. The Bertz CT molecular complexity index is 900. The van der Waals surface area contributed by atoms with E-state index in [-0.39, 0.29) is 24.3 Å². The fraction of sp³-hybridized carbons (Fsp3) is 0.471. The van der Waals surface area contributed by atoms with Crippen LogP contribution in [0.3, 0.4) is 0 Å². The molecule has 2 aliphatic carbocycles. The first-order valence-corrected chi connectivity index (χ1v) is 8.86. The SMILES string of the molecule is O=C(NCc1n[nH]c(=S)n1C1CC1)[C@@H]1C[C@H]1c1cccc(C(F)(F)F)c1. The molecular weight excluding hydrogens is 365 g/mol. The van der Waals surface area contributed by atoms with Gasteiger partial charge in [-0.3, -0.25) is 14.5 Å². The molecule has 2 aliphatic rings. The number of rotatable bonds is 5. The molecule has 1 aromatic heterocycles. The molecule has 0 aliphatic heterocycles. The van der Waals surface area contributed by atoms with Gasteiger partial charge in [-0.1, -0.05) is 18.2 Å². The van der Waals surface area contributed by atoms with Gasteiger partial charge in [-0.05, 0) is 49.0 Å². The van der Waals surface area contributed by atoms with Gasteiger partial charge in [-0.15, -0.1) is 0 Å². The minimum Gasteiger partial charge on any atom is -0.349 e. The molecule has 0 radical (unpaired) electrons. The van der Waals surface area contributed by atoms with Crippen molar-refractivity contribution in [3.8, 4) is 0 Å². The summed E-state index contributed by atoms with van der Waals surface area (Å²) in [7, 11) is 0. The standard InChI is InChI=1S/C17H17F3N4OS/c18-17(19,20)10-3-1-2-9(6-10)12-7-13(12)15(25)21-8-14-22-23-16(26)24(14)11-4-5-11/h1-3,6,11-13H,4-5,7-8H2,(H,21,25)(H,23,26)/t12-,13+/m0/s1. The van der Waals surface area contributed by atoms with E-state index in [0.717, 1.165) is 25.0 Å². The lowest BCUT2D eigenvalue weighted by Crippen LogP contribution is -2.26. The van der Waals surface area contributed by atoms with Crippen molar-refractivity contribution in [2.24, 2.45) is 5.92 Å². The van der Waals surface area contributed by atoms with Crippen LogP contribution in [0.25, 0.3) is 0 Å². The summed E-state index contributed by atoms with van der Waals surface area (Å²) in [4.78, 5) is 12.3. The first-order valence-electron chi connectivity index (χ1n) is 8.45. The Labute approximate surface area is 152 Å². The Morgan fingerprint density at radius 1 is 1.38 bits per heavy atom. The molecule has 2 N–H and O–H groups in total. The second-order valence-corrected chi connectivity index (χ2v) is 7.22. The molecule has 1 aromatic carbocycles. The highest BCUT2D eigenvalue weighted by Gasteiger charge is 2.44. The second-order valence-electron chi connectivity index (χ2n) is 6.84. The first-order chi connectivity index (χ1) is 12.3. The van der Waals surface area contributed by atoms with Crippen LogP contribution in [0.4, 0.5) is 13.2 Å². The third-order valence-electron chi connectivity index (χ3n) is 4.88. The molecule has 5 nitrogen and oxygen atoms in total. The van der Waals surface area contributed by atoms with E-state index in [1.165, 1.54) is 6.07 Å². The van der Waals surface area contributed by atoms with E-state index >= 15 is 0 Å². The van der Waals surface area contributed by atoms with E-state index < -0.39 is 11.7 Å². The number of carbonyl (C=O) groups excluding carboxylic acids is 1. The van der Waals surface area contributed by atoms with Crippen molar-refractivity contribution >= 4 is 18.1 Å². The van der Waals surface area contributed by atoms with Crippen molar-refractivity contribution < 1.29 is 18.0 Å². The maximum Gasteiger partial charge on any atom is 0.416 e. The van der Waals surface area contributed by atoms with E-state index in [2.05, 4.69) is 15.5 Å². The molecule has 9 heteroatoms. The number of amides is 1. The van der Waals surface area contributed by atoms with E-state index in [1.807, 2.05) is 4.57 Å². The summed E-state index contributed by atoms with van der Waals surface area (Å²) >= 11 is 5.20. The number of nitrogens with one attached hydrogen (secondary N) is 2. The van der Waals surface area contributed by atoms with Crippen molar-refractivity contribution in [3.05, 3.63) is 46.0 Å². The van der Waals surface area contributed by atoms with Crippen molar-refractivity contribution in [2.45, 2.75) is 43.9 Å². The van der Waals surface area contributed by atoms with Gasteiger partial charge in [-0.2, -0.15) is 18.3 Å². The smallest absolute Gasteiger partial charge is 0.349 e. The lowest BCUT2D eigenvalue weighted by molar-refractivity contribution is -0.137. The summed E-state index contributed by atoms with van der Waals surface area (Å²) in [5, 5.41) is 9.72. The van der Waals surface area contributed by atoms with E-state index in [1.54, 1.807) is 6.07 Å². The van der Waals surface area contributed by atoms with Crippen LogP contribution in [0.2, 0.25) is 0 Å². The number of nitrogens with zero attached hydrogens (tertiary/aromatic N) is 2. The van der Waals surface area contributed by atoms with Gasteiger partial charge >= 0.3 is 6.18 Å². The summed E-state index contributed by atoms with van der Waals surface area (Å²) in [5.41, 5.74) is -0.123. The fourth-order valence-electron chi connectivity index (χ4n) is 3.27. The molecule has 4 rings (SSSR count). The molecule has 1 amide bonds. The summed E-state index contributed by atoms with van der Waals surface area (Å²) in [6.07, 6.45) is -1.71. The van der Waals surface area contributed by atoms with Crippen LogP contribution < -0.4 is 5.32 Å². The molecule has 2 fully saturated rings. The number of aromatic nitrogens is 3. The van der Waals surface area contributed by atoms with Crippen molar-refractivity contribution in [2.75, 3.05) is 0 Å². The minimum atomic E-state index is -4.37. The number of aromatic amines is 1. The first kappa shape index (κ1) is 17.3. The molecule has 2 aromatic rings. The summed E-state index contributed by atoms with van der Waals surface area (Å²) in [6.45, 7) is 0.258. The van der Waals surface area contributed by atoms with E-state index in [4.69, 9.17) is 12.2 Å². The normalized spacial score (nSPS) is 22.3. The van der Waals surface area contributed by atoms with Crippen molar-refractivity contribution in [1.82, 2.24) is 20.1 Å². The number of benzene rings is 1. The summed E-state index contributed by atoms with van der Waals surface area (Å²) in [5.74, 6) is 0.0575. The third-order valence-corrected chi connectivity index (χ3v) is 5.17. The largest absolute Gasteiger partial charge is 0.416 e. The van der Waals surface area contributed by atoms with Crippen LogP contribution >= 0.6 is 12.2 Å². The molecule has 2 saturated carbocycles. The zero-order valence-electron chi connectivity index (χ0n) is 13.7. The number of carbonyl (C=O) groups is 1. The van der Waals surface area contributed by atoms with Gasteiger partial charge < -0.3 is 5.32 Å². The Morgan fingerprint density at radius 3 is 2.85 bits per heavy atom. The van der Waals surface area contributed by atoms with E-state index in [9.17, 15) is 18.0 Å². The molecule has 0 spiro atoms. The lowest BCUT2D eigenvalue weighted by atomic mass is 10.1. The maximum absolute atomic E-state index is 12.8. The molecule has 1 heterocycles. The average Bonchev–Trinajstić information content (AvgIpc) is 3.51. The van der Waals surface area contributed by atoms with Gasteiger partial charge in [0.05, 0.1) is 12.1 Å². The van der Waals surface area contributed by atoms with Crippen LogP contribution in [-0.4, -0.2) is 20.7 Å². The highest BCUT2D eigenvalue weighted by molar-refractivity contribution is 7.71. The highest BCUT2D eigenvalue weighted by Crippen LogP contribution is 2.48. The van der Waals surface area contributed by atoms with Gasteiger partial charge in [0.25, 0.3) is 0 Å². The van der Waals surface area contributed by atoms with Gasteiger partial charge in [0.2, 0.25) is 5.91 Å². The number of hydrogen-bond donors (Lipinski definition) is 2. The van der Waals surface area contributed by atoms with Crippen LogP contribution in [0.1, 0.15) is 48.2 Å². The van der Waals surface area contributed by atoms with Crippen LogP contribution in [0, 0.1) is 10.7 Å². The van der Waals surface area contributed by atoms with Gasteiger partial charge in [0.15, 0.2) is 10.6 Å². The van der Waals surface area contributed by atoms with Crippen LogP contribution in [-0.2, 0) is 17.5 Å². The van der Waals surface area contributed by atoms with Crippen molar-refractivity contribution in [3.63, 3.8) is 0 Å². The molecule has 2 atom stereocenters. The Morgan fingerprint density at radius 2 is 2.15 bits per heavy atom. The van der Waals surface area contributed by atoms with Gasteiger partial charge in [-0.25, -0.2) is 0 Å². The topological polar surface area (TPSA) is 62.7 Å². The lowest BCUT2D eigenvalue weighted by Gasteiger charge is -2.09. The molecule has 0 unspecified atom stereocenters. The monoisotopic (exact) mass is 382 g/mol. The van der Waals surface area contributed by atoms with Crippen LogP contribution in [0.5, 0.6) is 0 Å². The maximum atomic E-state index is 12.8. The number of H-pyrrole nitrogens is 1. The zero-order valence-corrected chi connectivity index (χ0v) is 14.5. The van der Waals surface area contributed by atoms with Gasteiger partial charge in [0, 0.05) is 12.0 Å². The Kier molecular flexibility index (Phi) is 4.13. The highest BCUT2D eigenvalue weighted by atomic mass is 32.1. The summed E-state index contributed by atoms with van der Waals surface area (Å²) in [6, 6.07) is 5.56. The molecule has 0 bridgehead atoms. The molecule has 26 heavy (non-hydrogen) atoms. The number of hydrogen-bond acceptors (Lipinski definition) is 3. The Hall–Kier alpha value is -2.16. The van der Waals surface area contributed by atoms with E-state index in [0.29, 0.717) is 28.6 Å². The predicted molar refractivity (Wildman–Crippen MR) is 89.8 cm³/mol. The minimum absolute atomic E-state index is 0.163. The van der Waals surface area contributed by atoms with Crippen molar-refractivity contribution in [1.29, 1.82) is 0 Å². The molecular formula is C17H17F3N4OS. The fourth-order valence-corrected chi connectivity index (χ4v) is 3.57. The Balaban J connectivity index is 1.38. The van der Waals surface area contributed by atoms with Crippen LogP contribution in [0.15, 0.2) is 24.3 Å². The molecule has 138 valence electrons.